The zero-order valence-corrected chi connectivity index (χ0v) is 8.87. The Morgan fingerprint density at radius 1 is 1.57 bits per heavy atom. The van der Waals surface area contributed by atoms with Crippen LogP contribution in [0.5, 0.6) is 0 Å². The quantitative estimate of drug-likeness (QED) is 0.639. The number of ether oxygens (including phenoxy) is 1. The van der Waals surface area contributed by atoms with E-state index < -0.39 is 0 Å². The monoisotopic (exact) mass is 200 g/mol. The summed E-state index contributed by atoms with van der Waals surface area (Å²) in [6, 6.07) is 0. The summed E-state index contributed by atoms with van der Waals surface area (Å²) in [5.74, 6) is 0.774. The van der Waals surface area contributed by atoms with Crippen molar-refractivity contribution in [1.29, 1.82) is 0 Å². The first kappa shape index (κ1) is 11.5. The number of rotatable bonds is 7. The van der Waals surface area contributed by atoms with Crippen LogP contribution in [0.25, 0.3) is 0 Å². The van der Waals surface area contributed by atoms with Gasteiger partial charge in [0.2, 0.25) is 5.91 Å². The van der Waals surface area contributed by atoms with Gasteiger partial charge in [0.1, 0.15) is 6.61 Å². The maximum absolute atomic E-state index is 11.4. The van der Waals surface area contributed by atoms with E-state index >= 15 is 0 Å². The second-order valence-corrected chi connectivity index (χ2v) is 3.92. The van der Waals surface area contributed by atoms with Gasteiger partial charge in [-0.3, -0.25) is 4.79 Å². The number of nitrogens with two attached hydrogens (primary N) is 1. The van der Waals surface area contributed by atoms with Crippen LogP contribution in [0.2, 0.25) is 0 Å². The van der Waals surface area contributed by atoms with Crippen molar-refractivity contribution in [1.82, 2.24) is 4.90 Å². The van der Waals surface area contributed by atoms with Gasteiger partial charge in [0.15, 0.2) is 0 Å². The smallest absolute Gasteiger partial charge is 0.248 e. The van der Waals surface area contributed by atoms with E-state index in [1.807, 2.05) is 0 Å². The van der Waals surface area contributed by atoms with Gasteiger partial charge >= 0.3 is 0 Å². The standard InChI is InChI=1S/C10H20N2O2/c1-12(6-2-5-11)10(13)8-14-7-9-3-4-9/h9H,2-8,11H2,1H3. The highest BCUT2D eigenvalue weighted by molar-refractivity contribution is 5.77. The van der Waals surface area contributed by atoms with Crippen molar-refractivity contribution in [3.63, 3.8) is 0 Å². The Labute approximate surface area is 85.4 Å². The fraction of sp³-hybridized carbons (Fsp3) is 0.900. The lowest BCUT2D eigenvalue weighted by Crippen LogP contribution is -2.32. The van der Waals surface area contributed by atoms with Crippen LogP contribution in [0, 0.1) is 5.92 Å². The topological polar surface area (TPSA) is 55.6 Å². The highest BCUT2D eigenvalue weighted by atomic mass is 16.5. The maximum atomic E-state index is 11.4. The van der Waals surface area contributed by atoms with Crippen LogP contribution >= 0.6 is 0 Å². The van der Waals surface area contributed by atoms with Crippen LogP contribution in [0.15, 0.2) is 0 Å². The van der Waals surface area contributed by atoms with E-state index in [0.29, 0.717) is 6.54 Å². The molecule has 1 rings (SSSR count). The molecule has 0 spiro atoms. The van der Waals surface area contributed by atoms with Gasteiger partial charge in [0.25, 0.3) is 0 Å². The molecule has 1 saturated carbocycles. The number of nitrogens with zero attached hydrogens (tertiary/aromatic N) is 1. The van der Waals surface area contributed by atoms with Crippen LogP contribution < -0.4 is 5.73 Å². The fourth-order valence-electron chi connectivity index (χ4n) is 1.16. The Balaban J connectivity index is 2.00. The molecule has 0 unspecified atom stereocenters. The molecule has 14 heavy (non-hydrogen) atoms. The minimum Gasteiger partial charge on any atom is -0.371 e. The summed E-state index contributed by atoms with van der Waals surface area (Å²) in [7, 11) is 1.79. The Bertz CT molecular complexity index is 181. The lowest BCUT2D eigenvalue weighted by Gasteiger charge is -2.16. The molecule has 0 saturated heterocycles. The van der Waals surface area contributed by atoms with Crippen molar-refractivity contribution in [2.75, 3.05) is 33.4 Å². The normalized spacial score (nSPS) is 15.6. The summed E-state index contributed by atoms with van der Waals surface area (Å²) < 4.78 is 5.30. The molecule has 2 N–H and O–H groups in total. The fourth-order valence-corrected chi connectivity index (χ4v) is 1.16. The number of carbonyl (C=O) groups is 1. The van der Waals surface area contributed by atoms with Crippen LogP contribution in [0.3, 0.4) is 0 Å². The molecule has 0 aliphatic heterocycles. The van der Waals surface area contributed by atoms with E-state index in [0.717, 1.165) is 25.5 Å². The van der Waals surface area contributed by atoms with Crippen LogP contribution in [0.4, 0.5) is 0 Å². The van der Waals surface area contributed by atoms with Gasteiger partial charge in [-0.15, -0.1) is 0 Å². The van der Waals surface area contributed by atoms with Gasteiger partial charge in [-0.1, -0.05) is 0 Å². The maximum Gasteiger partial charge on any atom is 0.248 e. The van der Waals surface area contributed by atoms with Gasteiger partial charge in [0, 0.05) is 13.6 Å². The summed E-state index contributed by atoms with van der Waals surface area (Å²) in [6.07, 6.45) is 3.37. The SMILES string of the molecule is CN(CCCN)C(=O)COCC1CC1. The molecule has 0 radical (unpaired) electrons. The Kier molecular flexibility index (Phi) is 4.90. The molecule has 1 aliphatic rings. The summed E-state index contributed by atoms with van der Waals surface area (Å²) in [6.45, 7) is 2.32. The molecule has 0 aromatic heterocycles. The van der Waals surface area contributed by atoms with Crippen molar-refractivity contribution in [2.24, 2.45) is 11.7 Å². The van der Waals surface area contributed by atoms with Gasteiger partial charge in [-0.25, -0.2) is 0 Å². The minimum atomic E-state index is 0.0547. The van der Waals surface area contributed by atoms with Crippen LogP contribution in [-0.4, -0.2) is 44.2 Å². The molecular formula is C10H20N2O2. The van der Waals surface area contributed by atoms with Gasteiger partial charge < -0.3 is 15.4 Å². The van der Waals surface area contributed by atoms with Gasteiger partial charge in [0.05, 0.1) is 6.61 Å². The number of likely N-dealkylation sites (N-methyl/N-ethyl adjacent to an activating group) is 1. The van der Waals surface area contributed by atoms with Crippen molar-refractivity contribution >= 4 is 5.91 Å². The molecule has 4 nitrogen and oxygen atoms in total. The lowest BCUT2D eigenvalue weighted by atomic mass is 10.4. The molecule has 0 aromatic carbocycles. The van der Waals surface area contributed by atoms with Gasteiger partial charge in [-0.2, -0.15) is 0 Å². The molecule has 0 atom stereocenters. The number of hydrogen-bond donors (Lipinski definition) is 1. The average Bonchev–Trinajstić information content (AvgIpc) is 2.97. The minimum absolute atomic E-state index is 0.0547. The van der Waals surface area contributed by atoms with E-state index in [1.165, 1.54) is 12.8 Å². The molecule has 4 heteroatoms. The second-order valence-electron chi connectivity index (χ2n) is 3.92. The summed E-state index contributed by atoms with van der Waals surface area (Å²) in [5, 5.41) is 0. The van der Waals surface area contributed by atoms with Gasteiger partial charge in [-0.05, 0) is 31.7 Å². The largest absolute Gasteiger partial charge is 0.371 e. The Hall–Kier alpha value is -0.610. The first-order valence-electron chi connectivity index (χ1n) is 5.26. The Morgan fingerprint density at radius 3 is 2.86 bits per heavy atom. The third-order valence-corrected chi connectivity index (χ3v) is 2.40. The lowest BCUT2D eigenvalue weighted by molar-refractivity contribution is -0.135. The first-order valence-corrected chi connectivity index (χ1v) is 5.26. The zero-order valence-electron chi connectivity index (χ0n) is 8.87. The molecular weight excluding hydrogens is 180 g/mol. The molecule has 1 amide bonds. The molecule has 1 fully saturated rings. The van der Waals surface area contributed by atoms with E-state index in [9.17, 15) is 4.79 Å². The average molecular weight is 200 g/mol. The molecule has 0 aromatic rings. The molecule has 0 bridgehead atoms. The highest BCUT2D eigenvalue weighted by Gasteiger charge is 2.21. The number of carbonyl (C=O) groups excluding carboxylic acids is 1. The van der Waals surface area contributed by atoms with Crippen molar-refractivity contribution in [3.8, 4) is 0 Å². The zero-order chi connectivity index (χ0) is 10.4. The first-order chi connectivity index (χ1) is 6.74. The molecule has 82 valence electrons. The van der Waals surface area contributed by atoms with Crippen molar-refractivity contribution in [3.05, 3.63) is 0 Å². The predicted molar refractivity (Wildman–Crippen MR) is 54.9 cm³/mol. The number of amides is 1. The number of hydrogen-bond acceptors (Lipinski definition) is 3. The second kappa shape index (κ2) is 5.98. The van der Waals surface area contributed by atoms with E-state index in [-0.39, 0.29) is 12.5 Å². The third kappa shape index (κ3) is 4.58. The van der Waals surface area contributed by atoms with Crippen molar-refractivity contribution in [2.45, 2.75) is 19.3 Å². The highest BCUT2D eigenvalue weighted by Crippen LogP contribution is 2.28. The molecule has 1 aliphatic carbocycles. The predicted octanol–water partition coefficient (Wildman–Crippen LogP) is 0.220. The van der Waals surface area contributed by atoms with E-state index in [4.69, 9.17) is 10.5 Å². The van der Waals surface area contributed by atoms with E-state index in [2.05, 4.69) is 0 Å². The molecule has 0 heterocycles. The van der Waals surface area contributed by atoms with Crippen molar-refractivity contribution < 1.29 is 9.53 Å². The van der Waals surface area contributed by atoms with E-state index in [1.54, 1.807) is 11.9 Å². The summed E-state index contributed by atoms with van der Waals surface area (Å²) in [5.41, 5.74) is 5.36. The van der Waals surface area contributed by atoms with Crippen LogP contribution in [0.1, 0.15) is 19.3 Å². The summed E-state index contributed by atoms with van der Waals surface area (Å²) >= 11 is 0. The Morgan fingerprint density at radius 2 is 2.29 bits per heavy atom. The third-order valence-electron chi connectivity index (χ3n) is 2.40. The summed E-state index contributed by atoms with van der Waals surface area (Å²) in [4.78, 5) is 13.1. The van der Waals surface area contributed by atoms with Crippen LogP contribution in [-0.2, 0) is 9.53 Å².